The van der Waals surface area contributed by atoms with Gasteiger partial charge in [-0.1, -0.05) is 232 Å². The summed E-state index contributed by atoms with van der Waals surface area (Å²) in [5.74, 6) is -0.637. The molecule has 1 amide bonds. The van der Waals surface area contributed by atoms with E-state index in [1.54, 1.807) is 6.08 Å². The van der Waals surface area contributed by atoms with Crippen LogP contribution in [0.3, 0.4) is 0 Å². The predicted octanol–water partition coefficient (Wildman–Crippen LogP) is 19.0. The molecule has 0 radical (unpaired) electrons. The molecular formula is C69H117N2O7P. The van der Waals surface area contributed by atoms with E-state index < -0.39 is 32.5 Å². The number of allylic oxidation sites excluding steroid dienone is 21. The Morgan fingerprint density at radius 3 is 1.25 bits per heavy atom. The minimum absolute atomic E-state index is 0.0434. The van der Waals surface area contributed by atoms with Crippen molar-refractivity contribution in [3.63, 3.8) is 0 Å². The van der Waals surface area contributed by atoms with Crippen LogP contribution in [0, 0.1) is 0 Å². The highest BCUT2D eigenvalue weighted by molar-refractivity contribution is 7.45. The molecule has 0 aromatic carbocycles. The molecule has 450 valence electrons. The first-order valence-corrected chi connectivity index (χ1v) is 33.0. The van der Waals surface area contributed by atoms with E-state index >= 15 is 0 Å². The van der Waals surface area contributed by atoms with Crippen LogP contribution < -0.4 is 10.2 Å². The first-order valence-electron chi connectivity index (χ1n) is 31.5. The zero-order chi connectivity index (χ0) is 57.9. The quantitative estimate of drug-likeness (QED) is 0.0212. The van der Waals surface area contributed by atoms with E-state index in [2.05, 4.69) is 148 Å². The maximum atomic E-state index is 13.5. The second-order valence-corrected chi connectivity index (χ2v) is 23.2. The number of rotatable bonds is 55. The number of nitrogens with zero attached hydrogens (tertiary/aromatic N) is 1. The first-order chi connectivity index (χ1) is 38.4. The zero-order valence-electron chi connectivity index (χ0n) is 51.3. The number of phosphoric ester groups is 1. The van der Waals surface area contributed by atoms with Gasteiger partial charge in [0.2, 0.25) is 5.91 Å². The van der Waals surface area contributed by atoms with Crippen LogP contribution in [0.4, 0.5) is 0 Å². The van der Waals surface area contributed by atoms with Crippen molar-refractivity contribution in [2.45, 2.75) is 251 Å². The standard InChI is InChI=1S/C69H117N2O7P/c1-7-10-13-16-19-22-25-28-30-32-34-35-37-39-41-44-47-50-53-56-59-62-69(73)78-67(60-57-54-51-48-45-42-27-24-21-18-15-12-9-3)66(65-77-79(74,75)76-64-63-71(4,5)6)70-68(72)61-58-55-52-49-46-43-40-38-36-33-31-29-26-23-20-17-14-11-8-2/h10,13,19-20,22-23,28-31,34-36,38-39,41,43,46-47,50,57,60,66-67H,7-9,11-12,14-18,21,24-27,32-33,37,40,42,44-45,48-49,51-56,58-59,61-65H2,1-6H3,(H-,70,72,74,75)/b13-10-,22-19-,23-20-,30-28-,31-29-,35-34-,38-36-,41-39-,46-43-,50-47-,60-57+. The second-order valence-electron chi connectivity index (χ2n) is 21.8. The van der Waals surface area contributed by atoms with Gasteiger partial charge in [-0.25, -0.2) is 0 Å². The molecule has 0 aliphatic carbocycles. The van der Waals surface area contributed by atoms with Crippen LogP contribution in [-0.2, 0) is 27.9 Å². The molecule has 3 atom stereocenters. The maximum absolute atomic E-state index is 13.5. The fourth-order valence-corrected chi connectivity index (χ4v) is 8.94. The van der Waals surface area contributed by atoms with E-state index in [1.165, 1.54) is 83.5 Å². The average molecular weight is 1120 g/mol. The van der Waals surface area contributed by atoms with Crippen molar-refractivity contribution in [3.8, 4) is 0 Å². The third-order valence-electron chi connectivity index (χ3n) is 13.1. The van der Waals surface area contributed by atoms with E-state index in [-0.39, 0.29) is 25.4 Å². The Morgan fingerprint density at radius 2 is 0.810 bits per heavy atom. The van der Waals surface area contributed by atoms with Gasteiger partial charge in [0.25, 0.3) is 7.82 Å². The molecule has 10 heteroatoms. The van der Waals surface area contributed by atoms with Crippen molar-refractivity contribution >= 4 is 19.7 Å². The molecule has 0 saturated heterocycles. The molecule has 0 rings (SSSR count). The number of quaternary nitrogens is 1. The van der Waals surface area contributed by atoms with Crippen molar-refractivity contribution in [1.29, 1.82) is 0 Å². The Labute approximate surface area is 485 Å². The highest BCUT2D eigenvalue weighted by atomic mass is 31.2. The van der Waals surface area contributed by atoms with Crippen LogP contribution in [0.25, 0.3) is 0 Å². The number of unbranched alkanes of at least 4 members (excludes halogenated alkanes) is 19. The van der Waals surface area contributed by atoms with Gasteiger partial charge >= 0.3 is 5.97 Å². The van der Waals surface area contributed by atoms with Crippen LogP contribution in [0.2, 0.25) is 0 Å². The highest BCUT2D eigenvalue weighted by Crippen LogP contribution is 2.38. The van der Waals surface area contributed by atoms with Crippen molar-refractivity contribution in [3.05, 3.63) is 134 Å². The molecule has 0 heterocycles. The van der Waals surface area contributed by atoms with Crippen LogP contribution in [-0.4, -0.2) is 69.4 Å². The number of ether oxygens (including phenoxy) is 1. The highest BCUT2D eigenvalue weighted by Gasteiger charge is 2.27. The van der Waals surface area contributed by atoms with E-state index in [0.717, 1.165) is 109 Å². The summed E-state index contributed by atoms with van der Waals surface area (Å²) in [4.78, 5) is 40.0. The summed E-state index contributed by atoms with van der Waals surface area (Å²) in [6, 6.07) is -0.933. The summed E-state index contributed by atoms with van der Waals surface area (Å²) in [7, 11) is 1.12. The lowest BCUT2D eigenvalue weighted by Crippen LogP contribution is -2.47. The summed E-state index contributed by atoms with van der Waals surface area (Å²) in [6.45, 7) is 6.63. The van der Waals surface area contributed by atoms with Crippen molar-refractivity contribution in [2.75, 3.05) is 40.9 Å². The van der Waals surface area contributed by atoms with Crippen molar-refractivity contribution in [2.24, 2.45) is 0 Å². The molecule has 0 aliphatic rings. The smallest absolute Gasteiger partial charge is 0.306 e. The van der Waals surface area contributed by atoms with Crippen molar-refractivity contribution < 1.29 is 37.3 Å². The molecule has 0 aromatic heterocycles. The zero-order valence-corrected chi connectivity index (χ0v) is 52.2. The number of hydrogen-bond acceptors (Lipinski definition) is 7. The second kappa shape index (κ2) is 57.4. The van der Waals surface area contributed by atoms with Gasteiger partial charge in [-0.05, 0) is 128 Å². The van der Waals surface area contributed by atoms with E-state index in [4.69, 9.17) is 13.8 Å². The van der Waals surface area contributed by atoms with Gasteiger partial charge < -0.3 is 28.5 Å². The molecular weight excluding hydrogens is 1000 g/mol. The molecule has 0 aromatic rings. The number of carbonyl (C=O) groups is 2. The normalized spacial score (nSPS) is 14.6. The monoisotopic (exact) mass is 1120 g/mol. The molecule has 0 saturated carbocycles. The number of likely N-dealkylation sites (N-methyl/N-ethyl adjacent to an activating group) is 1. The summed E-state index contributed by atoms with van der Waals surface area (Å²) in [5.41, 5.74) is 0. The number of phosphoric acid groups is 1. The molecule has 1 N–H and O–H groups in total. The number of amides is 1. The van der Waals surface area contributed by atoms with E-state index in [0.29, 0.717) is 23.9 Å². The predicted molar refractivity (Wildman–Crippen MR) is 339 cm³/mol. The Kier molecular flexibility index (Phi) is 54.6. The minimum Gasteiger partial charge on any atom is -0.756 e. The van der Waals surface area contributed by atoms with Gasteiger partial charge in [-0.15, -0.1) is 0 Å². The number of esters is 1. The van der Waals surface area contributed by atoms with Crippen LogP contribution in [0.5, 0.6) is 0 Å². The molecule has 79 heavy (non-hydrogen) atoms. The number of carbonyl (C=O) groups excluding carboxylic acids is 2. The van der Waals surface area contributed by atoms with Crippen LogP contribution in [0.15, 0.2) is 134 Å². The molecule has 0 fully saturated rings. The van der Waals surface area contributed by atoms with Crippen molar-refractivity contribution in [1.82, 2.24) is 5.32 Å². The number of hydrogen-bond donors (Lipinski definition) is 1. The Balaban J connectivity index is 5.44. The molecule has 0 bridgehead atoms. The van der Waals surface area contributed by atoms with Gasteiger partial charge in [0, 0.05) is 12.8 Å². The topological polar surface area (TPSA) is 114 Å². The lowest BCUT2D eigenvalue weighted by Gasteiger charge is -2.30. The molecule has 0 aliphatic heterocycles. The summed E-state index contributed by atoms with van der Waals surface area (Å²) in [5, 5.41) is 3.00. The summed E-state index contributed by atoms with van der Waals surface area (Å²) in [6.07, 6.45) is 81.3. The van der Waals surface area contributed by atoms with E-state index in [1.807, 2.05) is 27.2 Å². The van der Waals surface area contributed by atoms with Gasteiger partial charge in [-0.3, -0.25) is 14.2 Å². The lowest BCUT2D eigenvalue weighted by molar-refractivity contribution is -0.870. The van der Waals surface area contributed by atoms with Gasteiger partial charge in [-0.2, -0.15) is 0 Å². The van der Waals surface area contributed by atoms with Gasteiger partial charge in [0.05, 0.1) is 33.8 Å². The largest absolute Gasteiger partial charge is 0.756 e. The average Bonchev–Trinajstić information content (AvgIpc) is 3.41. The van der Waals surface area contributed by atoms with Gasteiger partial charge in [0.1, 0.15) is 19.3 Å². The summed E-state index contributed by atoms with van der Waals surface area (Å²) >= 11 is 0. The van der Waals surface area contributed by atoms with Crippen LogP contribution >= 0.6 is 7.82 Å². The lowest BCUT2D eigenvalue weighted by atomic mass is 10.0. The van der Waals surface area contributed by atoms with Gasteiger partial charge in [0.15, 0.2) is 0 Å². The fraction of sp³-hybridized carbons (Fsp3) is 0.652. The third kappa shape index (κ3) is 58.6. The molecule has 0 spiro atoms. The first kappa shape index (κ1) is 75.2. The minimum atomic E-state index is -4.73. The Bertz CT molecular complexity index is 1810. The number of nitrogens with one attached hydrogen (secondary N) is 1. The maximum Gasteiger partial charge on any atom is 0.306 e. The summed E-state index contributed by atoms with van der Waals surface area (Å²) < 4.78 is 30.3. The fourth-order valence-electron chi connectivity index (χ4n) is 8.21. The Morgan fingerprint density at radius 1 is 0.456 bits per heavy atom. The molecule has 3 unspecified atom stereocenters. The van der Waals surface area contributed by atoms with Crippen LogP contribution in [0.1, 0.15) is 239 Å². The molecule has 9 nitrogen and oxygen atoms in total. The third-order valence-corrected chi connectivity index (χ3v) is 14.0. The SMILES string of the molecule is CC/C=C\C/C=C\C/C=C\C/C=C\C/C=C\C/C=C\CCCCC(=O)OC(/C=C/CCCCCCCCCCCCC)C(COP(=O)([O-])OCC[N+](C)(C)C)NC(=O)CCCCC/C=C\C/C=C\C/C=C\C/C=C\CCCCC. The van der Waals surface area contributed by atoms with E-state index in [9.17, 15) is 19.0 Å². The Hall–Kier alpha value is -3.85.